The molecule has 2 aromatic rings. The van der Waals surface area contributed by atoms with Crippen LogP contribution in [0.2, 0.25) is 0 Å². The van der Waals surface area contributed by atoms with Gasteiger partial charge in [0.15, 0.2) is 0 Å². The summed E-state index contributed by atoms with van der Waals surface area (Å²) in [5.74, 6) is -0.142. The van der Waals surface area contributed by atoms with E-state index in [1.807, 2.05) is 35.0 Å². The fourth-order valence-electron chi connectivity index (χ4n) is 2.41. The van der Waals surface area contributed by atoms with E-state index in [0.29, 0.717) is 19.5 Å². The first-order valence-corrected chi connectivity index (χ1v) is 6.64. The molecular weight excluding hydrogens is 256 g/mol. The summed E-state index contributed by atoms with van der Waals surface area (Å²) in [4.78, 5) is 29.8. The summed E-state index contributed by atoms with van der Waals surface area (Å²) in [5.41, 5.74) is 1.68. The van der Waals surface area contributed by atoms with Gasteiger partial charge in [-0.1, -0.05) is 6.07 Å². The Morgan fingerprint density at radius 2 is 2.25 bits per heavy atom. The minimum absolute atomic E-state index is 0.0621. The molecule has 1 saturated heterocycles. The first kappa shape index (κ1) is 12.7. The van der Waals surface area contributed by atoms with Crippen LogP contribution in [0.4, 0.5) is 0 Å². The van der Waals surface area contributed by atoms with Crippen molar-refractivity contribution in [3.8, 4) is 0 Å². The Labute approximate surface area is 116 Å². The highest BCUT2D eigenvalue weighted by Gasteiger charge is 2.26. The Hall–Kier alpha value is -2.37. The maximum Gasteiger partial charge on any atom is 0.245 e. The average Bonchev–Trinajstić information content (AvgIpc) is 2.79. The van der Waals surface area contributed by atoms with Crippen molar-refractivity contribution < 1.29 is 9.59 Å². The fraction of sp³-hybridized carbons (Fsp3) is 0.357. The van der Waals surface area contributed by atoms with Crippen LogP contribution in [0, 0.1) is 0 Å². The second kappa shape index (κ2) is 4.96. The number of aromatic nitrogens is 2. The van der Waals surface area contributed by atoms with E-state index in [4.69, 9.17) is 0 Å². The van der Waals surface area contributed by atoms with Gasteiger partial charge in [0.05, 0.1) is 12.2 Å². The lowest BCUT2D eigenvalue weighted by atomic mass is 10.3. The van der Waals surface area contributed by atoms with E-state index < -0.39 is 6.04 Å². The lowest BCUT2D eigenvalue weighted by molar-refractivity contribution is -0.133. The lowest BCUT2D eigenvalue weighted by Crippen LogP contribution is -2.42. The van der Waals surface area contributed by atoms with Crippen molar-refractivity contribution in [1.82, 2.24) is 19.6 Å². The van der Waals surface area contributed by atoms with Gasteiger partial charge >= 0.3 is 0 Å². The Bertz CT molecular complexity index is 631. The molecule has 2 amide bonds. The summed E-state index contributed by atoms with van der Waals surface area (Å²) in [7, 11) is 0. The Morgan fingerprint density at radius 1 is 1.40 bits per heavy atom. The Balaban J connectivity index is 1.82. The first-order chi connectivity index (χ1) is 9.63. The number of nitrogens with one attached hydrogen (secondary N) is 1. The monoisotopic (exact) mass is 272 g/mol. The standard InChI is InChI=1S/C14H16N4O2/c1-10-14(20)18(7-5-13(19)15-10)9-11-8-17-6-3-2-4-12(17)16-11/h2-4,6,8,10H,5,7,9H2,1H3,(H,15,19). The van der Waals surface area contributed by atoms with Crippen molar-refractivity contribution in [2.24, 2.45) is 0 Å². The summed E-state index contributed by atoms with van der Waals surface area (Å²) < 4.78 is 1.92. The van der Waals surface area contributed by atoms with Crippen molar-refractivity contribution in [3.63, 3.8) is 0 Å². The van der Waals surface area contributed by atoms with Crippen LogP contribution in [-0.2, 0) is 16.1 Å². The molecule has 1 fully saturated rings. The van der Waals surface area contributed by atoms with Crippen molar-refractivity contribution in [2.75, 3.05) is 6.54 Å². The van der Waals surface area contributed by atoms with Crippen LogP contribution in [-0.4, -0.2) is 38.7 Å². The molecule has 6 nitrogen and oxygen atoms in total. The number of carbonyl (C=O) groups excluding carboxylic acids is 2. The smallest absolute Gasteiger partial charge is 0.245 e. The van der Waals surface area contributed by atoms with E-state index in [0.717, 1.165) is 11.3 Å². The summed E-state index contributed by atoms with van der Waals surface area (Å²) in [5, 5.41) is 2.68. The number of amides is 2. The first-order valence-electron chi connectivity index (χ1n) is 6.64. The number of hydrogen-bond acceptors (Lipinski definition) is 3. The highest BCUT2D eigenvalue weighted by molar-refractivity contribution is 5.89. The van der Waals surface area contributed by atoms with E-state index >= 15 is 0 Å². The maximum atomic E-state index is 12.2. The maximum absolute atomic E-state index is 12.2. The van der Waals surface area contributed by atoms with E-state index in [-0.39, 0.29) is 11.8 Å². The Morgan fingerprint density at radius 3 is 3.05 bits per heavy atom. The second-order valence-corrected chi connectivity index (χ2v) is 5.00. The summed E-state index contributed by atoms with van der Waals surface area (Å²) in [6, 6.07) is 5.30. The van der Waals surface area contributed by atoms with Gasteiger partial charge in [-0.25, -0.2) is 4.98 Å². The molecule has 104 valence electrons. The van der Waals surface area contributed by atoms with E-state index in [1.165, 1.54) is 0 Å². The van der Waals surface area contributed by atoms with Crippen LogP contribution in [0.25, 0.3) is 5.65 Å². The van der Waals surface area contributed by atoms with Crippen LogP contribution < -0.4 is 5.32 Å². The summed E-state index contributed by atoms with van der Waals surface area (Å²) >= 11 is 0. The normalized spacial score (nSPS) is 20.1. The van der Waals surface area contributed by atoms with Crippen LogP contribution >= 0.6 is 0 Å². The molecule has 1 atom stereocenters. The predicted octanol–water partition coefficient (Wildman–Crippen LogP) is 0.571. The second-order valence-electron chi connectivity index (χ2n) is 5.00. The SMILES string of the molecule is CC1NC(=O)CCN(Cc2cn3ccccc3n2)C1=O. The number of nitrogens with zero attached hydrogens (tertiary/aromatic N) is 3. The number of imidazole rings is 1. The van der Waals surface area contributed by atoms with Crippen LogP contribution in [0.5, 0.6) is 0 Å². The largest absolute Gasteiger partial charge is 0.345 e. The quantitative estimate of drug-likeness (QED) is 0.869. The summed E-state index contributed by atoms with van der Waals surface area (Å²) in [6.45, 7) is 2.57. The van der Waals surface area contributed by atoms with E-state index in [9.17, 15) is 9.59 Å². The van der Waals surface area contributed by atoms with Gasteiger partial charge in [0.1, 0.15) is 11.7 Å². The fourth-order valence-corrected chi connectivity index (χ4v) is 2.41. The number of carbonyl (C=O) groups is 2. The van der Waals surface area contributed by atoms with E-state index in [2.05, 4.69) is 10.3 Å². The molecule has 6 heteroatoms. The van der Waals surface area contributed by atoms with Gasteiger partial charge in [-0.05, 0) is 19.1 Å². The third kappa shape index (κ3) is 2.36. The van der Waals surface area contributed by atoms with Crippen LogP contribution in [0.3, 0.4) is 0 Å². The minimum Gasteiger partial charge on any atom is -0.345 e. The van der Waals surface area contributed by atoms with Gasteiger partial charge in [-0.2, -0.15) is 0 Å². The number of hydrogen-bond donors (Lipinski definition) is 1. The van der Waals surface area contributed by atoms with E-state index in [1.54, 1.807) is 11.8 Å². The van der Waals surface area contributed by atoms with Gasteiger partial charge in [0.25, 0.3) is 0 Å². The van der Waals surface area contributed by atoms with Crippen molar-refractivity contribution in [3.05, 3.63) is 36.3 Å². The van der Waals surface area contributed by atoms with Crippen molar-refractivity contribution in [2.45, 2.75) is 25.9 Å². The van der Waals surface area contributed by atoms with Gasteiger partial charge < -0.3 is 14.6 Å². The molecule has 1 aliphatic heterocycles. The predicted molar refractivity (Wildman–Crippen MR) is 72.8 cm³/mol. The molecule has 0 aromatic carbocycles. The molecule has 3 rings (SSSR count). The topological polar surface area (TPSA) is 66.7 Å². The third-order valence-electron chi connectivity index (χ3n) is 3.44. The van der Waals surface area contributed by atoms with Crippen molar-refractivity contribution in [1.29, 1.82) is 0 Å². The molecule has 0 aliphatic carbocycles. The van der Waals surface area contributed by atoms with Crippen LogP contribution in [0.15, 0.2) is 30.6 Å². The third-order valence-corrected chi connectivity index (χ3v) is 3.44. The molecule has 0 bridgehead atoms. The minimum atomic E-state index is -0.470. The molecule has 0 radical (unpaired) electrons. The molecule has 1 aliphatic rings. The molecule has 2 aromatic heterocycles. The highest BCUT2D eigenvalue weighted by atomic mass is 16.2. The zero-order valence-corrected chi connectivity index (χ0v) is 11.2. The van der Waals surface area contributed by atoms with Gasteiger partial charge in [0, 0.05) is 25.4 Å². The van der Waals surface area contributed by atoms with Gasteiger partial charge in [0.2, 0.25) is 11.8 Å². The van der Waals surface area contributed by atoms with Crippen molar-refractivity contribution >= 4 is 17.5 Å². The summed E-state index contributed by atoms with van der Waals surface area (Å²) in [6.07, 6.45) is 4.17. The molecule has 20 heavy (non-hydrogen) atoms. The molecule has 0 spiro atoms. The number of pyridine rings is 1. The molecule has 0 saturated carbocycles. The molecule has 3 heterocycles. The van der Waals surface area contributed by atoms with Gasteiger partial charge in [-0.15, -0.1) is 0 Å². The van der Waals surface area contributed by atoms with Crippen LogP contribution in [0.1, 0.15) is 19.0 Å². The highest BCUT2D eigenvalue weighted by Crippen LogP contribution is 2.11. The number of rotatable bonds is 2. The van der Waals surface area contributed by atoms with Gasteiger partial charge in [-0.3, -0.25) is 9.59 Å². The molecule has 1 N–H and O–H groups in total. The molecular formula is C14H16N4O2. The lowest BCUT2D eigenvalue weighted by Gasteiger charge is -2.21. The molecule has 1 unspecified atom stereocenters. The zero-order valence-electron chi connectivity index (χ0n) is 11.2. The Kier molecular flexibility index (Phi) is 3.14. The zero-order chi connectivity index (χ0) is 14.1. The average molecular weight is 272 g/mol. The number of fused-ring (bicyclic) bond motifs is 1.